The molecule has 1 N–H and O–H groups in total. The Morgan fingerprint density at radius 3 is 2.40 bits per heavy atom. The molecule has 1 rings (SSSR count). The zero-order valence-electron chi connectivity index (χ0n) is 9.58. The topological polar surface area (TPSA) is 32.3 Å². The zero-order valence-corrected chi connectivity index (χ0v) is 9.58. The normalized spacial score (nSPS) is 9.80. The summed E-state index contributed by atoms with van der Waals surface area (Å²) >= 11 is 0. The van der Waals surface area contributed by atoms with Gasteiger partial charge in [0.05, 0.1) is 11.4 Å². The molecule has 0 atom stereocenters. The van der Waals surface area contributed by atoms with Gasteiger partial charge >= 0.3 is 0 Å². The lowest BCUT2D eigenvalue weighted by molar-refractivity contribution is -0.114. The molecule has 0 aliphatic rings. The number of anilines is 2. The third kappa shape index (κ3) is 2.98. The molecule has 0 saturated carbocycles. The van der Waals surface area contributed by atoms with E-state index in [1.165, 1.54) is 6.92 Å². The monoisotopic (exact) mass is 206 g/mol. The maximum absolute atomic E-state index is 11.0. The van der Waals surface area contributed by atoms with Crippen molar-refractivity contribution in [3.63, 3.8) is 0 Å². The van der Waals surface area contributed by atoms with Gasteiger partial charge in [0, 0.05) is 20.0 Å². The van der Waals surface area contributed by atoms with Crippen LogP contribution in [-0.4, -0.2) is 19.0 Å². The fourth-order valence-corrected chi connectivity index (χ4v) is 1.61. The summed E-state index contributed by atoms with van der Waals surface area (Å²) in [6.07, 6.45) is 0. The lowest BCUT2D eigenvalue weighted by atomic mass is 10.2. The van der Waals surface area contributed by atoms with Crippen molar-refractivity contribution >= 4 is 17.3 Å². The molecule has 0 unspecified atom stereocenters. The minimum Gasteiger partial charge on any atom is -0.370 e. The summed E-state index contributed by atoms with van der Waals surface area (Å²) in [7, 11) is 0. The standard InChI is InChI=1S/C12H18N2O/c1-4-14(5-2)12-9-7-6-8-11(12)13-10(3)15/h6-9H,4-5H2,1-3H3,(H,13,15). The number of benzene rings is 1. The van der Waals surface area contributed by atoms with E-state index in [0.29, 0.717) is 0 Å². The van der Waals surface area contributed by atoms with Gasteiger partial charge in [0.25, 0.3) is 0 Å². The maximum Gasteiger partial charge on any atom is 0.221 e. The van der Waals surface area contributed by atoms with E-state index in [2.05, 4.69) is 24.1 Å². The Hall–Kier alpha value is -1.51. The maximum atomic E-state index is 11.0. The van der Waals surface area contributed by atoms with Crippen LogP contribution in [-0.2, 0) is 4.79 Å². The van der Waals surface area contributed by atoms with Gasteiger partial charge in [-0.2, -0.15) is 0 Å². The van der Waals surface area contributed by atoms with Gasteiger partial charge in [-0.15, -0.1) is 0 Å². The lowest BCUT2D eigenvalue weighted by Crippen LogP contribution is -2.23. The van der Waals surface area contributed by atoms with E-state index in [0.717, 1.165) is 24.5 Å². The molecule has 1 amide bonds. The van der Waals surface area contributed by atoms with Crippen molar-refractivity contribution in [2.75, 3.05) is 23.3 Å². The molecule has 1 aromatic rings. The molecule has 0 heterocycles. The van der Waals surface area contributed by atoms with E-state index in [4.69, 9.17) is 0 Å². The Bertz CT molecular complexity index is 332. The van der Waals surface area contributed by atoms with E-state index in [1.54, 1.807) is 0 Å². The van der Waals surface area contributed by atoms with Crippen LogP contribution < -0.4 is 10.2 Å². The molecular weight excluding hydrogens is 188 g/mol. The molecular formula is C12H18N2O. The van der Waals surface area contributed by atoms with E-state index in [-0.39, 0.29) is 5.91 Å². The van der Waals surface area contributed by atoms with Crippen molar-refractivity contribution in [2.24, 2.45) is 0 Å². The van der Waals surface area contributed by atoms with Gasteiger partial charge < -0.3 is 10.2 Å². The summed E-state index contributed by atoms with van der Waals surface area (Å²) in [6.45, 7) is 7.61. The number of carbonyl (C=O) groups excluding carboxylic acids is 1. The highest BCUT2D eigenvalue weighted by Gasteiger charge is 2.07. The van der Waals surface area contributed by atoms with Crippen molar-refractivity contribution < 1.29 is 4.79 Å². The fourth-order valence-electron chi connectivity index (χ4n) is 1.61. The number of para-hydroxylation sites is 2. The van der Waals surface area contributed by atoms with Crippen LogP contribution >= 0.6 is 0 Å². The second-order valence-electron chi connectivity index (χ2n) is 3.37. The minimum atomic E-state index is -0.0328. The van der Waals surface area contributed by atoms with Crippen LogP contribution in [0.15, 0.2) is 24.3 Å². The first kappa shape index (κ1) is 11.6. The Morgan fingerprint density at radius 1 is 1.27 bits per heavy atom. The predicted molar refractivity (Wildman–Crippen MR) is 64.3 cm³/mol. The van der Waals surface area contributed by atoms with Crippen LogP contribution in [0.4, 0.5) is 11.4 Å². The summed E-state index contributed by atoms with van der Waals surface area (Å²) < 4.78 is 0. The van der Waals surface area contributed by atoms with Crippen LogP contribution in [0.3, 0.4) is 0 Å². The summed E-state index contributed by atoms with van der Waals surface area (Å²) in [4.78, 5) is 13.2. The van der Waals surface area contributed by atoms with Gasteiger partial charge in [-0.05, 0) is 26.0 Å². The van der Waals surface area contributed by atoms with Crippen LogP contribution in [0.1, 0.15) is 20.8 Å². The first-order chi connectivity index (χ1) is 7.19. The van der Waals surface area contributed by atoms with Crippen molar-refractivity contribution in [3.8, 4) is 0 Å². The molecule has 82 valence electrons. The summed E-state index contributed by atoms with van der Waals surface area (Å²) in [5.41, 5.74) is 1.96. The van der Waals surface area contributed by atoms with Crippen LogP contribution in [0, 0.1) is 0 Å². The molecule has 1 aromatic carbocycles. The van der Waals surface area contributed by atoms with E-state index in [9.17, 15) is 4.79 Å². The Balaban J connectivity index is 2.99. The number of nitrogens with zero attached hydrogens (tertiary/aromatic N) is 1. The number of hydrogen-bond acceptors (Lipinski definition) is 2. The summed E-state index contributed by atoms with van der Waals surface area (Å²) in [5.74, 6) is -0.0328. The Labute approximate surface area is 91.1 Å². The van der Waals surface area contributed by atoms with Crippen LogP contribution in [0.5, 0.6) is 0 Å². The molecule has 3 nitrogen and oxygen atoms in total. The van der Waals surface area contributed by atoms with Gasteiger partial charge in [-0.1, -0.05) is 12.1 Å². The highest BCUT2D eigenvalue weighted by Crippen LogP contribution is 2.24. The smallest absolute Gasteiger partial charge is 0.221 e. The lowest BCUT2D eigenvalue weighted by Gasteiger charge is -2.23. The molecule has 0 fully saturated rings. The van der Waals surface area contributed by atoms with Crippen molar-refractivity contribution in [1.82, 2.24) is 0 Å². The second-order valence-corrected chi connectivity index (χ2v) is 3.37. The number of hydrogen-bond donors (Lipinski definition) is 1. The highest BCUT2D eigenvalue weighted by atomic mass is 16.1. The van der Waals surface area contributed by atoms with Gasteiger partial charge in [-0.3, -0.25) is 4.79 Å². The third-order valence-corrected chi connectivity index (χ3v) is 2.32. The second kappa shape index (κ2) is 5.39. The third-order valence-electron chi connectivity index (χ3n) is 2.32. The van der Waals surface area contributed by atoms with E-state index in [1.807, 2.05) is 24.3 Å². The molecule has 0 saturated heterocycles. The van der Waals surface area contributed by atoms with Crippen molar-refractivity contribution in [2.45, 2.75) is 20.8 Å². The van der Waals surface area contributed by atoms with Gasteiger partial charge in [-0.25, -0.2) is 0 Å². The summed E-state index contributed by atoms with van der Waals surface area (Å²) in [6, 6.07) is 7.87. The van der Waals surface area contributed by atoms with E-state index < -0.39 is 0 Å². The average Bonchev–Trinajstić information content (AvgIpc) is 2.21. The van der Waals surface area contributed by atoms with E-state index >= 15 is 0 Å². The van der Waals surface area contributed by atoms with Crippen molar-refractivity contribution in [3.05, 3.63) is 24.3 Å². The van der Waals surface area contributed by atoms with Gasteiger partial charge in [0.2, 0.25) is 5.91 Å². The first-order valence-electron chi connectivity index (χ1n) is 5.30. The molecule has 3 heteroatoms. The Morgan fingerprint density at radius 2 is 1.87 bits per heavy atom. The average molecular weight is 206 g/mol. The van der Waals surface area contributed by atoms with Gasteiger partial charge in [0.15, 0.2) is 0 Å². The summed E-state index contributed by atoms with van der Waals surface area (Å²) in [5, 5.41) is 2.84. The zero-order chi connectivity index (χ0) is 11.3. The number of amides is 1. The molecule has 0 radical (unpaired) electrons. The molecule has 0 aromatic heterocycles. The largest absolute Gasteiger partial charge is 0.370 e. The molecule has 0 bridgehead atoms. The molecule has 0 aliphatic heterocycles. The number of rotatable bonds is 4. The SMILES string of the molecule is CCN(CC)c1ccccc1NC(C)=O. The quantitative estimate of drug-likeness (QED) is 0.820. The predicted octanol–water partition coefficient (Wildman–Crippen LogP) is 2.49. The Kier molecular flexibility index (Phi) is 4.16. The molecule has 0 aliphatic carbocycles. The number of nitrogens with one attached hydrogen (secondary N) is 1. The number of carbonyl (C=O) groups is 1. The highest BCUT2D eigenvalue weighted by molar-refractivity contribution is 5.92. The molecule has 15 heavy (non-hydrogen) atoms. The van der Waals surface area contributed by atoms with Gasteiger partial charge in [0.1, 0.15) is 0 Å². The molecule has 0 spiro atoms. The first-order valence-corrected chi connectivity index (χ1v) is 5.30. The van der Waals surface area contributed by atoms with Crippen LogP contribution in [0.2, 0.25) is 0 Å². The van der Waals surface area contributed by atoms with Crippen molar-refractivity contribution in [1.29, 1.82) is 0 Å². The minimum absolute atomic E-state index is 0.0328. The fraction of sp³-hybridized carbons (Fsp3) is 0.417. The van der Waals surface area contributed by atoms with Crippen LogP contribution in [0.25, 0.3) is 0 Å².